The smallest absolute Gasteiger partial charge is 0.255 e. The van der Waals surface area contributed by atoms with Crippen LogP contribution < -0.4 is 10.2 Å². The number of allylic oxidation sites excluding steroid dienone is 2. The third kappa shape index (κ3) is 4.12. The van der Waals surface area contributed by atoms with Crippen molar-refractivity contribution >= 4 is 29.1 Å². The Balaban J connectivity index is 1.15. The first-order valence-electron chi connectivity index (χ1n) is 12.3. The molecule has 182 valence electrons. The van der Waals surface area contributed by atoms with Gasteiger partial charge in [-0.2, -0.15) is 4.98 Å². The minimum atomic E-state index is -0.314. The zero-order valence-corrected chi connectivity index (χ0v) is 19.9. The van der Waals surface area contributed by atoms with Gasteiger partial charge < -0.3 is 9.84 Å². The van der Waals surface area contributed by atoms with Crippen LogP contribution in [0.15, 0.2) is 59.1 Å². The number of hydrogen-bond acceptors (Lipinski definition) is 6. The van der Waals surface area contributed by atoms with Gasteiger partial charge in [0.25, 0.3) is 5.91 Å². The van der Waals surface area contributed by atoms with Crippen LogP contribution in [0.1, 0.15) is 64.8 Å². The van der Waals surface area contributed by atoms with E-state index in [0.717, 1.165) is 29.8 Å². The maximum absolute atomic E-state index is 13.0. The number of nitrogens with zero attached hydrogens (tertiary/aromatic N) is 3. The van der Waals surface area contributed by atoms with E-state index in [1.807, 2.05) is 43.3 Å². The van der Waals surface area contributed by atoms with E-state index in [4.69, 9.17) is 4.52 Å². The lowest BCUT2D eigenvalue weighted by Crippen LogP contribution is -2.31. The van der Waals surface area contributed by atoms with Crippen LogP contribution in [0.3, 0.4) is 0 Å². The van der Waals surface area contributed by atoms with Crippen molar-refractivity contribution in [3.05, 3.63) is 83.0 Å². The van der Waals surface area contributed by atoms with Gasteiger partial charge >= 0.3 is 0 Å². The lowest BCUT2D eigenvalue weighted by molar-refractivity contribution is -0.122. The number of fused-ring (bicyclic) bond motifs is 1. The average Bonchev–Trinajstić information content (AvgIpc) is 3.58. The SMILES string of the molecule is Cc1ccc(C(=O)Nc2ccc(Cc3nc(C4CC4)no3)cc2)cc1N1C(=O)C2CC=CCC2C1=O. The molecule has 0 bridgehead atoms. The number of aromatic nitrogens is 2. The van der Waals surface area contributed by atoms with E-state index >= 15 is 0 Å². The molecular formula is C28H26N4O4. The predicted octanol–water partition coefficient (Wildman–Crippen LogP) is 4.55. The van der Waals surface area contributed by atoms with Crippen LogP contribution in [0.5, 0.6) is 0 Å². The number of anilines is 2. The van der Waals surface area contributed by atoms with Crippen molar-refractivity contribution in [2.45, 2.75) is 44.9 Å². The zero-order valence-electron chi connectivity index (χ0n) is 19.9. The molecule has 2 aliphatic carbocycles. The van der Waals surface area contributed by atoms with Crippen LogP contribution in [0.25, 0.3) is 0 Å². The minimum absolute atomic E-state index is 0.184. The maximum atomic E-state index is 13.0. The molecule has 3 amide bonds. The van der Waals surface area contributed by atoms with E-state index in [1.165, 1.54) is 4.90 Å². The molecule has 8 nitrogen and oxygen atoms in total. The topological polar surface area (TPSA) is 105 Å². The van der Waals surface area contributed by atoms with Gasteiger partial charge in [0.15, 0.2) is 5.82 Å². The van der Waals surface area contributed by atoms with Crippen molar-refractivity contribution in [3.63, 3.8) is 0 Å². The summed E-state index contributed by atoms with van der Waals surface area (Å²) in [6.45, 7) is 1.84. The molecular weight excluding hydrogens is 456 g/mol. The highest BCUT2D eigenvalue weighted by Gasteiger charge is 2.48. The summed E-state index contributed by atoms with van der Waals surface area (Å²) in [4.78, 5) is 44.8. The first-order valence-corrected chi connectivity index (χ1v) is 12.3. The molecule has 6 rings (SSSR count). The second-order valence-corrected chi connectivity index (χ2v) is 9.82. The highest BCUT2D eigenvalue weighted by Crippen LogP contribution is 2.39. The fourth-order valence-corrected chi connectivity index (χ4v) is 4.96. The number of rotatable bonds is 6. The second-order valence-electron chi connectivity index (χ2n) is 9.82. The van der Waals surface area contributed by atoms with Gasteiger partial charge in [-0.05, 0) is 68.0 Å². The van der Waals surface area contributed by atoms with Crippen molar-refractivity contribution in [2.75, 3.05) is 10.2 Å². The highest BCUT2D eigenvalue weighted by atomic mass is 16.5. The largest absolute Gasteiger partial charge is 0.339 e. The maximum Gasteiger partial charge on any atom is 0.255 e. The number of imide groups is 1. The van der Waals surface area contributed by atoms with Gasteiger partial charge in [0.05, 0.1) is 23.9 Å². The summed E-state index contributed by atoms with van der Waals surface area (Å²) in [6.07, 6.45) is 7.86. The van der Waals surface area contributed by atoms with E-state index in [-0.39, 0.29) is 29.6 Å². The molecule has 0 spiro atoms. The highest BCUT2D eigenvalue weighted by molar-refractivity contribution is 6.23. The summed E-state index contributed by atoms with van der Waals surface area (Å²) in [5.74, 6) is 0.517. The predicted molar refractivity (Wildman–Crippen MR) is 133 cm³/mol. The molecule has 1 saturated heterocycles. The molecule has 2 fully saturated rings. The molecule has 2 unspecified atom stereocenters. The number of benzene rings is 2. The minimum Gasteiger partial charge on any atom is -0.339 e. The third-order valence-corrected chi connectivity index (χ3v) is 7.21. The molecule has 1 aliphatic heterocycles. The van der Waals surface area contributed by atoms with Gasteiger partial charge in [0.2, 0.25) is 17.7 Å². The Bertz CT molecular complexity index is 1360. The molecule has 1 saturated carbocycles. The number of aryl methyl sites for hydroxylation is 1. The van der Waals surface area contributed by atoms with Crippen molar-refractivity contribution in [1.29, 1.82) is 0 Å². The van der Waals surface area contributed by atoms with Crippen LogP contribution in [0.4, 0.5) is 11.4 Å². The number of carbonyl (C=O) groups is 3. The van der Waals surface area contributed by atoms with E-state index in [2.05, 4.69) is 15.5 Å². The summed E-state index contributed by atoms with van der Waals surface area (Å²) in [6, 6.07) is 12.6. The Labute approximate surface area is 208 Å². The number of hydrogen-bond donors (Lipinski definition) is 1. The van der Waals surface area contributed by atoms with Crippen molar-refractivity contribution < 1.29 is 18.9 Å². The van der Waals surface area contributed by atoms with Crippen molar-refractivity contribution in [3.8, 4) is 0 Å². The Morgan fingerprint density at radius 3 is 2.39 bits per heavy atom. The zero-order chi connectivity index (χ0) is 24.8. The average molecular weight is 483 g/mol. The first kappa shape index (κ1) is 22.4. The quantitative estimate of drug-likeness (QED) is 0.408. The lowest BCUT2D eigenvalue weighted by atomic mass is 9.85. The van der Waals surface area contributed by atoms with Gasteiger partial charge in [0.1, 0.15) is 0 Å². The summed E-state index contributed by atoms with van der Waals surface area (Å²) >= 11 is 0. The van der Waals surface area contributed by atoms with Crippen LogP contribution in [-0.2, 0) is 16.0 Å². The van der Waals surface area contributed by atoms with Crippen LogP contribution in [0.2, 0.25) is 0 Å². The Morgan fingerprint density at radius 1 is 1.03 bits per heavy atom. The molecule has 2 heterocycles. The van der Waals surface area contributed by atoms with Gasteiger partial charge in [-0.1, -0.05) is 35.5 Å². The van der Waals surface area contributed by atoms with E-state index in [9.17, 15) is 14.4 Å². The first-order chi connectivity index (χ1) is 17.5. The molecule has 0 radical (unpaired) electrons. The van der Waals surface area contributed by atoms with Crippen LogP contribution in [0, 0.1) is 18.8 Å². The van der Waals surface area contributed by atoms with Crippen LogP contribution >= 0.6 is 0 Å². The monoisotopic (exact) mass is 482 g/mol. The summed E-state index contributed by atoms with van der Waals surface area (Å²) in [5.41, 5.74) is 3.27. The van der Waals surface area contributed by atoms with E-state index in [1.54, 1.807) is 18.2 Å². The summed E-state index contributed by atoms with van der Waals surface area (Å²) in [7, 11) is 0. The summed E-state index contributed by atoms with van der Waals surface area (Å²) < 4.78 is 5.35. The fourth-order valence-electron chi connectivity index (χ4n) is 4.96. The van der Waals surface area contributed by atoms with E-state index < -0.39 is 0 Å². The number of nitrogens with one attached hydrogen (secondary N) is 1. The molecule has 2 aromatic carbocycles. The molecule has 36 heavy (non-hydrogen) atoms. The molecule has 8 heteroatoms. The Kier molecular flexibility index (Phi) is 5.51. The normalized spacial score (nSPS) is 21.1. The third-order valence-electron chi connectivity index (χ3n) is 7.21. The molecule has 1 N–H and O–H groups in total. The molecule has 3 aromatic rings. The lowest BCUT2D eigenvalue weighted by Gasteiger charge is -2.18. The molecule has 1 aromatic heterocycles. The Morgan fingerprint density at radius 2 is 1.72 bits per heavy atom. The van der Waals surface area contributed by atoms with E-state index in [0.29, 0.717) is 48.0 Å². The molecule has 3 aliphatic rings. The van der Waals surface area contributed by atoms with Crippen molar-refractivity contribution in [1.82, 2.24) is 10.1 Å². The summed E-state index contributed by atoms with van der Waals surface area (Å²) in [5, 5.41) is 6.94. The van der Waals surface area contributed by atoms with Crippen molar-refractivity contribution in [2.24, 2.45) is 11.8 Å². The second kappa shape index (κ2) is 8.86. The number of amides is 3. The number of carbonyl (C=O) groups excluding carboxylic acids is 3. The fraction of sp³-hybridized carbons (Fsp3) is 0.321. The molecule has 2 atom stereocenters. The standard InChI is InChI=1S/C28H26N4O4/c1-16-6-9-19(15-23(16)32-27(34)21-4-2-3-5-22(21)28(32)35)26(33)29-20-12-7-17(8-13-20)14-24-30-25(31-36-24)18-10-11-18/h2-3,6-9,12-13,15,18,21-22H,4-5,10-11,14H2,1H3,(H,29,33). The van der Waals surface area contributed by atoms with Crippen LogP contribution in [-0.4, -0.2) is 27.9 Å². The van der Waals surface area contributed by atoms with Gasteiger partial charge in [-0.3, -0.25) is 14.4 Å². The van der Waals surface area contributed by atoms with Gasteiger partial charge in [-0.25, -0.2) is 4.90 Å². The van der Waals surface area contributed by atoms with Gasteiger partial charge in [-0.15, -0.1) is 0 Å². The Hall–Kier alpha value is -4.07. The van der Waals surface area contributed by atoms with Gasteiger partial charge in [0, 0.05) is 17.2 Å².